The van der Waals surface area contributed by atoms with Crippen molar-refractivity contribution in [3.05, 3.63) is 36.0 Å². The fraction of sp³-hybridized carbons (Fsp3) is 0.526. The van der Waals surface area contributed by atoms with E-state index in [4.69, 9.17) is 4.74 Å². The Balaban J connectivity index is 1.57. The van der Waals surface area contributed by atoms with E-state index in [0.717, 1.165) is 17.8 Å². The summed E-state index contributed by atoms with van der Waals surface area (Å²) in [5.74, 6) is 1.00. The number of pyridine rings is 1. The number of rotatable bonds is 1. The Labute approximate surface area is 132 Å². The molecule has 0 atom stereocenters. The summed E-state index contributed by atoms with van der Waals surface area (Å²) in [6.45, 7) is 1.72. The molecule has 2 aromatic rings. The van der Waals surface area contributed by atoms with Gasteiger partial charge in [0.25, 0.3) is 0 Å². The summed E-state index contributed by atoms with van der Waals surface area (Å²) in [6.07, 6.45) is 11.5. The SMILES string of the molecule is c1cnc2c3c(ccc2c1)CN(C1CCCCCCC1)CO3. The highest BCUT2D eigenvalue weighted by molar-refractivity contribution is 5.85. The highest BCUT2D eigenvalue weighted by Crippen LogP contribution is 2.34. The molecule has 1 saturated carbocycles. The van der Waals surface area contributed by atoms with Crippen LogP contribution in [0, 0.1) is 0 Å². The number of hydrogen-bond acceptors (Lipinski definition) is 3. The summed E-state index contributed by atoms with van der Waals surface area (Å²) < 4.78 is 6.14. The molecule has 1 fully saturated rings. The third-order valence-electron chi connectivity index (χ3n) is 5.15. The fourth-order valence-corrected chi connectivity index (χ4v) is 3.89. The van der Waals surface area contributed by atoms with Crippen molar-refractivity contribution in [1.29, 1.82) is 0 Å². The maximum absolute atomic E-state index is 6.14. The summed E-state index contributed by atoms with van der Waals surface area (Å²) in [7, 11) is 0. The molecule has 0 amide bonds. The molecule has 0 radical (unpaired) electrons. The second-order valence-electron chi connectivity index (χ2n) is 6.65. The number of ether oxygens (including phenoxy) is 1. The van der Waals surface area contributed by atoms with Gasteiger partial charge in [-0.3, -0.25) is 9.88 Å². The minimum absolute atomic E-state index is 0.688. The van der Waals surface area contributed by atoms with Crippen LogP contribution in [0.2, 0.25) is 0 Å². The molecule has 0 N–H and O–H groups in total. The molecule has 3 heteroatoms. The van der Waals surface area contributed by atoms with E-state index in [1.54, 1.807) is 0 Å². The molecule has 1 aliphatic heterocycles. The summed E-state index contributed by atoms with van der Waals surface area (Å²) in [4.78, 5) is 7.05. The lowest BCUT2D eigenvalue weighted by molar-refractivity contribution is 0.0457. The predicted molar refractivity (Wildman–Crippen MR) is 88.9 cm³/mol. The van der Waals surface area contributed by atoms with E-state index in [1.165, 1.54) is 55.9 Å². The fourth-order valence-electron chi connectivity index (χ4n) is 3.89. The van der Waals surface area contributed by atoms with E-state index in [-0.39, 0.29) is 0 Å². The predicted octanol–water partition coefficient (Wildman–Crippen LogP) is 4.50. The Hall–Kier alpha value is -1.61. The molecule has 0 saturated heterocycles. The molecule has 0 unspecified atom stereocenters. The first-order chi connectivity index (χ1) is 10.9. The van der Waals surface area contributed by atoms with Gasteiger partial charge in [-0.25, -0.2) is 0 Å². The highest BCUT2D eigenvalue weighted by atomic mass is 16.5. The highest BCUT2D eigenvalue weighted by Gasteiger charge is 2.26. The molecule has 1 aliphatic carbocycles. The van der Waals surface area contributed by atoms with Crippen LogP contribution in [0.25, 0.3) is 10.9 Å². The van der Waals surface area contributed by atoms with Gasteiger partial charge in [0.05, 0.1) is 0 Å². The number of benzene rings is 1. The van der Waals surface area contributed by atoms with Crippen LogP contribution in [0.4, 0.5) is 0 Å². The molecule has 0 spiro atoms. The number of nitrogens with zero attached hydrogens (tertiary/aromatic N) is 2. The summed E-state index contributed by atoms with van der Waals surface area (Å²) in [6, 6.07) is 9.17. The first-order valence-electron chi connectivity index (χ1n) is 8.65. The van der Waals surface area contributed by atoms with Gasteiger partial charge in [-0.05, 0) is 18.9 Å². The van der Waals surface area contributed by atoms with Crippen molar-refractivity contribution in [2.45, 2.75) is 57.5 Å². The van der Waals surface area contributed by atoms with Crippen molar-refractivity contribution in [3.8, 4) is 5.75 Å². The van der Waals surface area contributed by atoms with Crippen molar-refractivity contribution < 1.29 is 4.74 Å². The zero-order valence-corrected chi connectivity index (χ0v) is 13.1. The molecule has 2 aliphatic rings. The van der Waals surface area contributed by atoms with Gasteiger partial charge in [0, 0.05) is 29.7 Å². The molecule has 22 heavy (non-hydrogen) atoms. The lowest BCUT2D eigenvalue weighted by Crippen LogP contribution is -2.40. The summed E-state index contributed by atoms with van der Waals surface area (Å²) >= 11 is 0. The Morgan fingerprint density at radius 1 is 1.00 bits per heavy atom. The largest absolute Gasteiger partial charge is 0.475 e. The smallest absolute Gasteiger partial charge is 0.152 e. The Morgan fingerprint density at radius 2 is 1.82 bits per heavy atom. The second-order valence-corrected chi connectivity index (χ2v) is 6.65. The third-order valence-corrected chi connectivity index (χ3v) is 5.15. The normalized spacial score (nSPS) is 20.9. The van der Waals surface area contributed by atoms with Crippen molar-refractivity contribution in [3.63, 3.8) is 0 Å². The van der Waals surface area contributed by atoms with E-state index < -0.39 is 0 Å². The van der Waals surface area contributed by atoms with Crippen LogP contribution in [-0.2, 0) is 6.54 Å². The van der Waals surface area contributed by atoms with Gasteiger partial charge in [0.1, 0.15) is 12.2 Å². The van der Waals surface area contributed by atoms with Gasteiger partial charge in [0.2, 0.25) is 0 Å². The van der Waals surface area contributed by atoms with Crippen LogP contribution in [-0.4, -0.2) is 22.7 Å². The molecule has 1 aromatic heterocycles. The molecule has 2 heterocycles. The van der Waals surface area contributed by atoms with Gasteiger partial charge in [-0.2, -0.15) is 0 Å². The maximum Gasteiger partial charge on any atom is 0.152 e. The van der Waals surface area contributed by atoms with Gasteiger partial charge >= 0.3 is 0 Å². The van der Waals surface area contributed by atoms with E-state index >= 15 is 0 Å². The monoisotopic (exact) mass is 296 g/mol. The lowest BCUT2D eigenvalue weighted by Gasteiger charge is -2.36. The van der Waals surface area contributed by atoms with Crippen molar-refractivity contribution in [2.24, 2.45) is 0 Å². The van der Waals surface area contributed by atoms with Crippen molar-refractivity contribution in [1.82, 2.24) is 9.88 Å². The lowest BCUT2D eigenvalue weighted by atomic mass is 9.95. The number of fused-ring (bicyclic) bond motifs is 3. The standard InChI is InChI=1S/C19H24N2O/c1-2-4-8-17(9-5-3-1)21-13-16-11-10-15-7-6-12-20-18(15)19(16)22-14-21/h6-7,10-12,17H,1-5,8-9,13-14H2. The van der Waals surface area contributed by atoms with Crippen molar-refractivity contribution >= 4 is 10.9 Å². The van der Waals surface area contributed by atoms with Gasteiger partial charge in [-0.15, -0.1) is 0 Å². The molecule has 1 aromatic carbocycles. The van der Waals surface area contributed by atoms with Crippen LogP contribution < -0.4 is 4.74 Å². The molecule has 0 bridgehead atoms. The van der Waals surface area contributed by atoms with Gasteiger partial charge in [0.15, 0.2) is 5.75 Å². The zero-order valence-electron chi connectivity index (χ0n) is 13.1. The zero-order chi connectivity index (χ0) is 14.8. The van der Waals surface area contributed by atoms with E-state index in [0.29, 0.717) is 12.8 Å². The average molecular weight is 296 g/mol. The Kier molecular flexibility index (Phi) is 3.98. The molecular formula is C19H24N2O. The minimum Gasteiger partial charge on any atom is -0.475 e. The van der Waals surface area contributed by atoms with Crippen LogP contribution in [0.5, 0.6) is 5.75 Å². The number of aromatic nitrogens is 1. The Bertz CT molecular complexity index is 647. The molecule has 3 nitrogen and oxygen atoms in total. The van der Waals surface area contributed by atoms with E-state index in [1.807, 2.05) is 12.3 Å². The number of hydrogen-bond donors (Lipinski definition) is 0. The summed E-state index contributed by atoms with van der Waals surface area (Å²) in [5, 5.41) is 1.17. The molecule has 4 rings (SSSR count). The quantitative estimate of drug-likeness (QED) is 0.774. The van der Waals surface area contributed by atoms with Crippen LogP contribution in [0.15, 0.2) is 30.5 Å². The van der Waals surface area contributed by atoms with Gasteiger partial charge < -0.3 is 4.74 Å². The van der Waals surface area contributed by atoms with Crippen LogP contribution in [0.3, 0.4) is 0 Å². The van der Waals surface area contributed by atoms with Crippen LogP contribution in [0.1, 0.15) is 50.5 Å². The van der Waals surface area contributed by atoms with Crippen LogP contribution >= 0.6 is 0 Å². The minimum atomic E-state index is 0.688. The van der Waals surface area contributed by atoms with E-state index in [9.17, 15) is 0 Å². The molecule has 116 valence electrons. The topological polar surface area (TPSA) is 25.4 Å². The molecular weight excluding hydrogens is 272 g/mol. The van der Waals surface area contributed by atoms with Crippen molar-refractivity contribution in [2.75, 3.05) is 6.73 Å². The first kappa shape index (κ1) is 14.0. The van der Waals surface area contributed by atoms with Gasteiger partial charge in [-0.1, -0.05) is 50.3 Å². The average Bonchev–Trinajstić information content (AvgIpc) is 2.54. The first-order valence-corrected chi connectivity index (χ1v) is 8.65. The maximum atomic E-state index is 6.14. The second kappa shape index (κ2) is 6.25. The van der Waals surface area contributed by atoms with E-state index in [2.05, 4.69) is 28.1 Å². The Morgan fingerprint density at radius 3 is 2.68 bits per heavy atom. The third kappa shape index (κ3) is 2.70. The summed E-state index contributed by atoms with van der Waals surface area (Å²) in [5.41, 5.74) is 2.30.